The van der Waals surface area contributed by atoms with Crippen molar-refractivity contribution in [3.8, 4) is 17.2 Å². The van der Waals surface area contributed by atoms with Crippen LogP contribution in [0.25, 0.3) is 0 Å². The first-order valence-corrected chi connectivity index (χ1v) is 7.21. The molecule has 3 rings (SSSR count). The predicted molar refractivity (Wildman–Crippen MR) is 82.5 cm³/mol. The van der Waals surface area contributed by atoms with Crippen LogP contribution in [0.15, 0.2) is 48.5 Å². The Kier molecular flexibility index (Phi) is 4.00. The normalized spacial score (nSPS) is 19.4. The summed E-state index contributed by atoms with van der Waals surface area (Å²) in [5.74, 6) is 2.12. The van der Waals surface area contributed by atoms with E-state index in [2.05, 4.69) is 0 Å². The Bertz CT molecular complexity index is 646. The zero-order valence-corrected chi connectivity index (χ0v) is 12.6. The molecule has 2 aromatic rings. The fraction of sp³-hybridized carbons (Fsp3) is 0.278. The van der Waals surface area contributed by atoms with Gasteiger partial charge in [0.05, 0.1) is 20.1 Å². The molecule has 4 heteroatoms. The molecule has 0 saturated heterocycles. The number of carbonyl (C=O) groups excluding carboxylic acids is 1. The summed E-state index contributed by atoms with van der Waals surface area (Å²) in [5, 5.41) is 0. The van der Waals surface area contributed by atoms with E-state index in [4.69, 9.17) is 14.2 Å². The van der Waals surface area contributed by atoms with E-state index >= 15 is 0 Å². The van der Waals surface area contributed by atoms with Gasteiger partial charge in [0.2, 0.25) is 0 Å². The molecule has 0 N–H and O–H groups in total. The number of rotatable bonds is 5. The van der Waals surface area contributed by atoms with Crippen molar-refractivity contribution in [1.29, 1.82) is 0 Å². The molecule has 2 aromatic carbocycles. The van der Waals surface area contributed by atoms with Gasteiger partial charge in [0.15, 0.2) is 0 Å². The van der Waals surface area contributed by atoms with Crippen molar-refractivity contribution in [3.63, 3.8) is 0 Å². The zero-order chi connectivity index (χ0) is 15.5. The third kappa shape index (κ3) is 3.06. The van der Waals surface area contributed by atoms with E-state index in [1.165, 1.54) is 0 Å². The van der Waals surface area contributed by atoms with E-state index in [1.807, 2.05) is 24.3 Å². The highest BCUT2D eigenvalue weighted by atomic mass is 16.5. The quantitative estimate of drug-likeness (QED) is 0.627. The summed E-state index contributed by atoms with van der Waals surface area (Å²) in [6.45, 7) is 0. The van der Waals surface area contributed by atoms with Gasteiger partial charge in [-0.15, -0.1) is 0 Å². The van der Waals surface area contributed by atoms with Crippen molar-refractivity contribution >= 4 is 5.97 Å². The smallest absolute Gasteiger partial charge is 0.314 e. The summed E-state index contributed by atoms with van der Waals surface area (Å²) in [6, 6.07) is 14.9. The average Bonchev–Trinajstić information content (AvgIpc) is 3.36. The Morgan fingerprint density at radius 2 is 1.36 bits per heavy atom. The second-order valence-electron chi connectivity index (χ2n) is 5.32. The lowest BCUT2D eigenvalue weighted by Crippen LogP contribution is -2.11. The highest BCUT2D eigenvalue weighted by Gasteiger charge is 2.45. The van der Waals surface area contributed by atoms with Crippen molar-refractivity contribution in [2.75, 3.05) is 14.2 Å². The second kappa shape index (κ2) is 6.10. The topological polar surface area (TPSA) is 44.8 Å². The standard InChI is InChI=1S/C18H18O4/c1-20-13-5-3-12(4-6-13)16-11-17(16)18(19)22-15-9-7-14(21-2)8-10-15/h3-10,16-17H,11H2,1-2H3/t16-,17+/m0/s1. The van der Waals surface area contributed by atoms with E-state index in [1.54, 1.807) is 38.5 Å². The van der Waals surface area contributed by atoms with E-state index in [0.29, 0.717) is 5.75 Å². The Labute approximate surface area is 129 Å². The minimum Gasteiger partial charge on any atom is -0.497 e. The molecule has 1 aliphatic rings. The number of carbonyl (C=O) groups is 1. The van der Waals surface area contributed by atoms with E-state index in [9.17, 15) is 4.79 Å². The Hall–Kier alpha value is -2.49. The molecule has 0 bridgehead atoms. The molecular formula is C18H18O4. The Balaban J connectivity index is 1.59. The maximum Gasteiger partial charge on any atom is 0.314 e. The highest BCUT2D eigenvalue weighted by Crippen LogP contribution is 2.48. The van der Waals surface area contributed by atoms with Crippen LogP contribution >= 0.6 is 0 Å². The fourth-order valence-electron chi connectivity index (χ4n) is 2.51. The fourth-order valence-corrected chi connectivity index (χ4v) is 2.51. The van der Waals surface area contributed by atoms with Gasteiger partial charge in [-0.1, -0.05) is 12.1 Å². The number of hydrogen-bond donors (Lipinski definition) is 0. The van der Waals surface area contributed by atoms with Gasteiger partial charge < -0.3 is 14.2 Å². The number of esters is 1. The van der Waals surface area contributed by atoms with Gasteiger partial charge in [0.25, 0.3) is 0 Å². The van der Waals surface area contributed by atoms with Gasteiger partial charge in [-0.3, -0.25) is 4.79 Å². The van der Waals surface area contributed by atoms with E-state index in [0.717, 1.165) is 23.5 Å². The van der Waals surface area contributed by atoms with Crippen molar-refractivity contribution in [3.05, 3.63) is 54.1 Å². The van der Waals surface area contributed by atoms with Gasteiger partial charge in [0, 0.05) is 0 Å². The maximum atomic E-state index is 12.2. The van der Waals surface area contributed by atoms with Gasteiger partial charge in [-0.05, 0) is 54.3 Å². The molecule has 0 aromatic heterocycles. The number of hydrogen-bond acceptors (Lipinski definition) is 4. The maximum absolute atomic E-state index is 12.2. The predicted octanol–water partition coefficient (Wildman–Crippen LogP) is 3.41. The van der Waals surface area contributed by atoms with Crippen LogP contribution in [-0.2, 0) is 4.79 Å². The molecule has 2 atom stereocenters. The van der Waals surface area contributed by atoms with Gasteiger partial charge in [-0.25, -0.2) is 0 Å². The van der Waals surface area contributed by atoms with Gasteiger partial charge in [0.1, 0.15) is 17.2 Å². The van der Waals surface area contributed by atoms with Crippen molar-refractivity contribution in [2.24, 2.45) is 5.92 Å². The largest absolute Gasteiger partial charge is 0.497 e. The van der Waals surface area contributed by atoms with E-state index < -0.39 is 0 Å². The van der Waals surface area contributed by atoms with Crippen molar-refractivity contribution in [2.45, 2.75) is 12.3 Å². The first-order valence-electron chi connectivity index (χ1n) is 7.21. The molecule has 0 unspecified atom stereocenters. The molecule has 0 radical (unpaired) electrons. The van der Waals surface area contributed by atoms with Crippen LogP contribution in [0, 0.1) is 5.92 Å². The molecule has 0 heterocycles. The Morgan fingerprint density at radius 1 is 0.864 bits per heavy atom. The molecular weight excluding hydrogens is 280 g/mol. The SMILES string of the molecule is COc1ccc(OC(=O)[C@@H]2C[C@H]2c2ccc(OC)cc2)cc1. The lowest BCUT2D eigenvalue weighted by Gasteiger charge is -2.06. The summed E-state index contributed by atoms with van der Waals surface area (Å²) in [6.07, 6.45) is 0.835. The van der Waals surface area contributed by atoms with Crippen LogP contribution < -0.4 is 14.2 Å². The van der Waals surface area contributed by atoms with E-state index in [-0.39, 0.29) is 17.8 Å². The molecule has 1 fully saturated rings. The lowest BCUT2D eigenvalue weighted by atomic mass is 10.1. The summed E-state index contributed by atoms with van der Waals surface area (Å²) in [5.41, 5.74) is 1.15. The van der Waals surface area contributed by atoms with Crippen LogP contribution in [-0.4, -0.2) is 20.2 Å². The van der Waals surface area contributed by atoms with Crippen LogP contribution in [0.3, 0.4) is 0 Å². The monoisotopic (exact) mass is 298 g/mol. The molecule has 22 heavy (non-hydrogen) atoms. The minimum atomic E-state index is -0.175. The summed E-state index contributed by atoms with van der Waals surface area (Å²) in [4.78, 5) is 12.2. The van der Waals surface area contributed by atoms with Crippen LogP contribution in [0.1, 0.15) is 17.9 Å². The van der Waals surface area contributed by atoms with Gasteiger partial charge in [-0.2, -0.15) is 0 Å². The van der Waals surface area contributed by atoms with Crippen LogP contribution in [0.2, 0.25) is 0 Å². The molecule has 1 aliphatic carbocycles. The summed E-state index contributed by atoms with van der Waals surface area (Å²) in [7, 11) is 3.24. The minimum absolute atomic E-state index is 0.0597. The van der Waals surface area contributed by atoms with Gasteiger partial charge >= 0.3 is 5.97 Å². The Morgan fingerprint density at radius 3 is 1.91 bits per heavy atom. The average molecular weight is 298 g/mol. The molecule has 1 saturated carbocycles. The van der Waals surface area contributed by atoms with Crippen molar-refractivity contribution in [1.82, 2.24) is 0 Å². The second-order valence-corrected chi connectivity index (χ2v) is 5.32. The molecule has 0 aliphatic heterocycles. The number of ether oxygens (including phenoxy) is 3. The third-order valence-electron chi connectivity index (χ3n) is 3.92. The first-order chi connectivity index (χ1) is 10.7. The van der Waals surface area contributed by atoms with Crippen LogP contribution in [0.4, 0.5) is 0 Å². The highest BCUT2D eigenvalue weighted by molar-refractivity contribution is 5.79. The third-order valence-corrected chi connectivity index (χ3v) is 3.92. The number of methoxy groups -OCH3 is 2. The van der Waals surface area contributed by atoms with Crippen LogP contribution in [0.5, 0.6) is 17.2 Å². The molecule has 4 nitrogen and oxygen atoms in total. The zero-order valence-electron chi connectivity index (χ0n) is 12.6. The summed E-state index contributed by atoms with van der Waals surface area (Å²) < 4.78 is 15.6. The molecule has 0 amide bonds. The van der Waals surface area contributed by atoms with Crippen molar-refractivity contribution < 1.29 is 19.0 Å². The molecule has 114 valence electrons. The number of benzene rings is 2. The lowest BCUT2D eigenvalue weighted by molar-refractivity contribution is -0.135. The summed E-state index contributed by atoms with van der Waals surface area (Å²) >= 11 is 0. The molecule has 0 spiro atoms. The first kappa shape index (κ1) is 14.4.